The van der Waals surface area contributed by atoms with E-state index in [2.05, 4.69) is 10.6 Å². The summed E-state index contributed by atoms with van der Waals surface area (Å²) in [6.45, 7) is 4.89. The quantitative estimate of drug-likeness (QED) is 0.228. The van der Waals surface area contributed by atoms with Crippen molar-refractivity contribution in [1.29, 1.82) is 0 Å². The zero-order valence-electron chi connectivity index (χ0n) is 21.3. The first-order valence-electron chi connectivity index (χ1n) is 11.9. The first-order valence-corrected chi connectivity index (χ1v) is 12.3. The van der Waals surface area contributed by atoms with Crippen LogP contribution in [0.15, 0.2) is 83.5 Å². The monoisotopic (exact) mass is 545 g/mol. The summed E-state index contributed by atoms with van der Waals surface area (Å²) in [6, 6.07) is 18.7. The summed E-state index contributed by atoms with van der Waals surface area (Å²) in [6.07, 6.45) is -0.333. The largest absolute Gasteiger partial charge is 0.459 e. The lowest BCUT2D eigenvalue weighted by Gasteiger charge is -2.16. The van der Waals surface area contributed by atoms with Crippen LogP contribution in [0.4, 0.5) is 17.1 Å². The van der Waals surface area contributed by atoms with Crippen LogP contribution in [0.25, 0.3) is 0 Å². The molecule has 1 aliphatic heterocycles. The Morgan fingerprint density at radius 2 is 1.44 bits per heavy atom. The van der Waals surface area contributed by atoms with Crippen molar-refractivity contribution in [3.05, 3.63) is 100 Å². The van der Waals surface area contributed by atoms with E-state index < -0.39 is 17.8 Å². The standard InChI is InChI=1S/C29H24ClN3O6/c1-16(2)39-29(38)20-5-4-6-23(15-20)33-27(36)24(30)25(28(33)37)31-21-13-9-19(10-14-21)26(35)32-22-11-7-18(8-12-22)17(3)34/h4-16,31H,1-3H3,(H,32,35). The Morgan fingerprint density at radius 1 is 0.821 bits per heavy atom. The van der Waals surface area contributed by atoms with E-state index in [1.807, 2.05) is 0 Å². The molecule has 1 aliphatic rings. The molecule has 9 nitrogen and oxygen atoms in total. The van der Waals surface area contributed by atoms with E-state index in [0.29, 0.717) is 22.5 Å². The number of nitrogens with zero attached hydrogens (tertiary/aromatic N) is 1. The molecule has 0 fully saturated rings. The van der Waals surface area contributed by atoms with Crippen molar-refractivity contribution in [3.63, 3.8) is 0 Å². The molecule has 0 radical (unpaired) electrons. The molecular weight excluding hydrogens is 522 g/mol. The van der Waals surface area contributed by atoms with Crippen LogP contribution in [0.5, 0.6) is 0 Å². The molecule has 0 saturated heterocycles. The van der Waals surface area contributed by atoms with Crippen LogP contribution in [-0.4, -0.2) is 35.6 Å². The van der Waals surface area contributed by atoms with Gasteiger partial charge in [0.1, 0.15) is 10.7 Å². The summed E-state index contributed by atoms with van der Waals surface area (Å²) < 4.78 is 5.18. The second kappa shape index (κ2) is 11.3. The molecule has 0 aliphatic carbocycles. The molecule has 3 aromatic carbocycles. The number of anilines is 3. The molecule has 0 aromatic heterocycles. The molecule has 198 valence electrons. The molecule has 4 rings (SSSR count). The van der Waals surface area contributed by atoms with Gasteiger partial charge in [0.25, 0.3) is 17.7 Å². The lowest BCUT2D eigenvalue weighted by Crippen LogP contribution is -2.32. The predicted molar refractivity (Wildman–Crippen MR) is 147 cm³/mol. The van der Waals surface area contributed by atoms with Gasteiger partial charge in [0.2, 0.25) is 0 Å². The maximum absolute atomic E-state index is 13.1. The fourth-order valence-corrected chi connectivity index (χ4v) is 3.95. The van der Waals surface area contributed by atoms with Crippen LogP contribution >= 0.6 is 11.6 Å². The van der Waals surface area contributed by atoms with Gasteiger partial charge in [-0.3, -0.25) is 19.2 Å². The number of rotatable bonds is 8. The van der Waals surface area contributed by atoms with Crippen LogP contribution in [0.1, 0.15) is 51.8 Å². The van der Waals surface area contributed by atoms with Gasteiger partial charge in [-0.1, -0.05) is 17.7 Å². The third kappa shape index (κ3) is 6.05. The summed E-state index contributed by atoms with van der Waals surface area (Å²) in [5, 5.41) is 5.28. The second-order valence-electron chi connectivity index (χ2n) is 8.93. The maximum Gasteiger partial charge on any atom is 0.338 e. The first kappa shape index (κ1) is 27.3. The zero-order chi connectivity index (χ0) is 28.3. The minimum Gasteiger partial charge on any atom is -0.459 e. The van der Waals surface area contributed by atoms with Gasteiger partial charge in [0.05, 0.1) is 17.4 Å². The average Bonchev–Trinajstić information content (AvgIpc) is 3.12. The van der Waals surface area contributed by atoms with Crippen LogP contribution in [0, 0.1) is 0 Å². The van der Waals surface area contributed by atoms with Gasteiger partial charge in [-0.15, -0.1) is 0 Å². The molecule has 3 amide bonds. The van der Waals surface area contributed by atoms with Crippen molar-refractivity contribution in [2.75, 3.05) is 15.5 Å². The molecule has 39 heavy (non-hydrogen) atoms. The highest BCUT2D eigenvalue weighted by molar-refractivity contribution is 6.53. The van der Waals surface area contributed by atoms with E-state index in [1.54, 1.807) is 62.4 Å². The fourth-order valence-electron chi connectivity index (χ4n) is 3.74. The Hall–Kier alpha value is -4.76. The predicted octanol–water partition coefficient (Wildman–Crippen LogP) is 5.14. The molecule has 0 saturated carbocycles. The third-order valence-electron chi connectivity index (χ3n) is 5.68. The van der Waals surface area contributed by atoms with Gasteiger partial charge in [-0.05, 0) is 87.5 Å². The highest BCUT2D eigenvalue weighted by Crippen LogP contribution is 2.31. The fraction of sp³-hybridized carbons (Fsp3) is 0.138. The molecule has 0 atom stereocenters. The van der Waals surface area contributed by atoms with Gasteiger partial charge in [0.15, 0.2) is 5.78 Å². The number of ketones is 1. The van der Waals surface area contributed by atoms with E-state index in [1.165, 1.54) is 31.2 Å². The van der Waals surface area contributed by atoms with Crippen LogP contribution in [0.2, 0.25) is 0 Å². The Morgan fingerprint density at radius 3 is 2.05 bits per heavy atom. The molecule has 1 heterocycles. The number of hydrogen-bond acceptors (Lipinski definition) is 7. The van der Waals surface area contributed by atoms with Crippen molar-refractivity contribution in [1.82, 2.24) is 0 Å². The third-order valence-corrected chi connectivity index (χ3v) is 6.03. The lowest BCUT2D eigenvalue weighted by atomic mass is 10.1. The van der Waals surface area contributed by atoms with E-state index in [9.17, 15) is 24.0 Å². The van der Waals surface area contributed by atoms with E-state index in [0.717, 1.165) is 4.90 Å². The number of halogens is 1. The highest BCUT2D eigenvalue weighted by atomic mass is 35.5. The Bertz CT molecular complexity index is 1510. The maximum atomic E-state index is 13.1. The van der Waals surface area contributed by atoms with Crippen LogP contribution in [-0.2, 0) is 14.3 Å². The molecular formula is C29H24ClN3O6. The molecule has 10 heteroatoms. The number of carbonyl (C=O) groups is 5. The van der Waals surface area contributed by atoms with Crippen molar-refractivity contribution in [2.24, 2.45) is 0 Å². The smallest absolute Gasteiger partial charge is 0.338 e. The number of hydrogen-bond donors (Lipinski definition) is 2. The summed E-state index contributed by atoms with van der Waals surface area (Å²) in [5.41, 5.74) is 2.04. The zero-order valence-corrected chi connectivity index (χ0v) is 22.0. The average molecular weight is 546 g/mol. The minimum absolute atomic E-state index is 0.0726. The number of benzene rings is 3. The first-order chi connectivity index (χ1) is 18.5. The highest BCUT2D eigenvalue weighted by Gasteiger charge is 2.39. The normalized spacial score (nSPS) is 13.1. The Kier molecular flexibility index (Phi) is 7.92. The summed E-state index contributed by atoms with van der Waals surface area (Å²) in [7, 11) is 0. The molecule has 0 bridgehead atoms. The summed E-state index contributed by atoms with van der Waals surface area (Å²) >= 11 is 6.22. The van der Waals surface area contributed by atoms with Gasteiger partial charge in [0, 0.05) is 22.5 Å². The number of amides is 3. The van der Waals surface area contributed by atoms with E-state index >= 15 is 0 Å². The lowest BCUT2D eigenvalue weighted by molar-refractivity contribution is -0.120. The van der Waals surface area contributed by atoms with Crippen LogP contribution in [0.3, 0.4) is 0 Å². The van der Waals surface area contributed by atoms with Crippen molar-refractivity contribution in [3.8, 4) is 0 Å². The van der Waals surface area contributed by atoms with Crippen molar-refractivity contribution >= 4 is 58.1 Å². The number of imide groups is 1. The number of nitrogens with one attached hydrogen (secondary N) is 2. The number of esters is 1. The van der Waals surface area contributed by atoms with Gasteiger partial charge < -0.3 is 15.4 Å². The van der Waals surface area contributed by atoms with Crippen molar-refractivity contribution < 1.29 is 28.7 Å². The Balaban J connectivity index is 1.45. The van der Waals surface area contributed by atoms with E-state index in [-0.39, 0.29) is 39.8 Å². The van der Waals surface area contributed by atoms with Crippen molar-refractivity contribution in [2.45, 2.75) is 26.9 Å². The van der Waals surface area contributed by atoms with Crippen LogP contribution < -0.4 is 15.5 Å². The minimum atomic E-state index is -0.745. The van der Waals surface area contributed by atoms with Gasteiger partial charge >= 0.3 is 5.97 Å². The second-order valence-corrected chi connectivity index (χ2v) is 9.31. The summed E-state index contributed by atoms with van der Waals surface area (Å²) in [4.78, 5) is 63.1. The SMILES string of the molecule is CC(=O)c1ccc(NC(=O)c2ccc(NC3=C(Cl)C(=O)N(c4cccc(C(=O)OC(C)C)c4)C3=O)cc2)cc1. The molecule has 0 unspecified atom stereocenters. The molecule has 0 spiro atoms. The number of ether oxygens (including phenoxy) is 1. The summed E-state index contributed by atoms with van der Waals surface area (Å²) in [5.74, 6) is -2.47. The van der Waals surface area contributed by atoms with Gasteiger partial charge in [-0.2, -0.15) is 0 Å². The number of carbonyl (C=O) groups excluding carboxylic acids is 5. The molecule has 2 N–H and O–H groups in total. The van der Waals surface area contributed by atoms with E-state index in [4.69, 9.17) is 16.3 Å². The topological polar surface area (TPSA) is 122 Å². The molecule has 3 aromatic rings. The number of Topliss-reactive ketones (excluding diaryl/α,β-unsaturated/α-hetero) is 1. The van der Waals surface area contributed by atoms with Gasteiger partial charge in [-0.25, -0.2) is 9.69 Å². The Labute approximate surface area is 229 Å².